The molecular formula is C13H29N3O2. The summed E-state index contributed by atoms with van der Waals surface area (Å²) in [6.45, 7) is 8.52. The normalized spacial score (nSPS) is 14.7. The van der Waals surface area contributed by atoms with Gasteiger partial charge in [-0.3, -0.25) is 4.79 Å². The van der Waals surface area contributed by atoms with Gasteiger partial charge in [0, 0.05) is 17.6 Å². The number of carbonyl (C=O) groups is 1. The fourth-order valence-electron chi connectivity index (χ4n) is 1.61. The minimum atomic E-state index is -0.633. The smallest absolute Gasteiger partial charge is 0.310 e. The van der Waals surface area contributed by atoms with Gasteiger partial charge in [0.2, 0.25) is 0 Å². The van der Waals surface area contributed by atoms with Crippen LogP contribution in [0.2, 0.25) is 0 Å². The van der Waals surface area contributed by atoms with E-state index in [1.807, 2.05) is 46.7 Å². The van der Waals surface area contributed by atoms with Crippen LogP contribution in [0.3, 0.4) is 0 Å². The van der Waals surface area contributed by atoms with Crippen LogP contribution in [-0.4, -0.2) is 49.2 Å². The Bertz CT molecular complexity index is 264. The standard InChI is InChI=1S/C13H29N3O2/c1-12(2,14)9-10(13(3,4)15)11(17)18-8-7-16(5)6/h10H,7-9,14-15H2,1-6H3. The van der Waals surface area contributed by atoms with Gasteiger partial charge in [-0.15, -0.1) is 0 Å². The highest BCUT2D eigenvalue weighted by Gasteiger charge is 2.36. The maximum Gasteiger partial charge on any atom is 0.310 e. The molecule has 5 heteroatoms. The van der Waals surface area contributed by atoms with E-state index >= 15 is 0 Å². The topological polar surface area (TPSA) is 81.6 Å². The molecule has 0 bridgehead atoms. The summed E-state index contributed by atoms with van der Waals surface area (Å²) in [5.41, 5.74) is 11.0. The van der Waals surface area contributed by atoms with Crippen molar-refractivity contribution in [3.8, 4) is 0 Å². The Morgan fingerprint density at radius 3 is 2.06 bits per heavy atom. The summed E-state index contributed by atoms with van der Waals surface area (Å²) in [4.78, 5) is 14.0. The summed E-state index contributed by atoms with van der Waals surface area (Å²) in [5.74, 6) is -0.650. The number of nitrogens with zero attached hydrogens (tertiary/aromatic N) is 1. The van der Waals surface area contributed by atoms with Crippen LogP contribution in [0.5, 0.6) is 0 Å². The Morgan fingerprint density at radius 2 is 1.72 bits per heavy atom. The number of likely N-dealkylation sites (N-methyl/N-ethyl adjacent to an activating group) is 1. The molecule has 0 spiro atoms. The van der Waals surface area contributed by atoms with Gasteiger partial charge in [0.1, 0.15) is 6.61 Å². The third kappa shape index (κ3) is 7.63. The van der Waals surface area contributed by atoms with E-state index in [-0.39, 0.29) is 11.9 Å². The van der Waals surface area contributed by atoms with Gasteiger partial charge in [-0.2, -0.15) is 0 Å². The lowest BCUT2D eigenvalue weighted by molar-refractivity contribution is -0.151. The van der Waals surface area contributed by atoms with Crippen LogP contribution in [0.4, 0.5) is 0 Å². The molecule has 0 radical (unpaired) electrons. The maximum absolute atomic E-state index is 12.1. The average Bonchev–Trinajstić information content (AvgIpc) is 2.10. The molecule has 0 aromatic heterocycles. The minimum Gasteiger partial charge on any atom is -0.464 e. The van der Waals surface area contributed by atoms with Gasteiger partial charge in [0.05, 0.1) is 5.92 Å². The quantitative estimate of drug-likeness (QED) is 0.653. The van der Waals surface area contributed by atoms with Crippen LogP contribution >= 0.6 is 0 Å². The van der Waals surface area contributed by atoms with E-state index in [4.69, 9.17) is 16.2 Å². The number of hydrogen-bond donors (Lipinski definition) is 2. The van der Waals surface area contributed by atoms with E-state index < -0.39 is 11.1 Å². The summed E-state index contributed by atoms with van der Waals surface area (Å²) in [5, 5.41) is 0. The molecular weight excluding hydrogens is 230 g/mol. The lowest BCUT2D eigenvalue weighted by Crippen LogP contribution is -2.50. The van der Waals surface area contributed by atoms with Crippen molar-refractivity contribution in [2.75, 3.05) is 27.2 Å². The van der Waals surface area contributed by atoms with Crippen molar-refractivity contribution in [3.05, 3.63) is 0 Å². The van der Waals surface area contributed by atoms with Crippen LogP contribution < -0.4 is 11.5 Å². The molecule has 0 aliphatic carbocycles. The van der Waals surface area contributed by atoms with Crippen molar-refractivity contribution < 1.29 is 9.53 Å². The number of carbonyl (C=O) groups excluding carboxylic acids is 1. The Morgan fingerprint density at radius 1 is 1.22 bits per heavy atom. The van der Waals surface area contributed by atoms with E-state index in [0.717, 1.165) is 0 Å². The molecule has 0 aromatic rings. The molecule has 0 saturated carbocycles. The van der Waals surface area contributed by atoms with Gasteiger partial charge in [-0.25, -0.2) is 0 Å². The Balaban J connectivity index is 4.53. The van der Waals surface area contributed by atoms with Gasteiger partial charge >= 0.3 is 5.97 Å². The zero-order valence-electron chi connectivity index (χ0n) is 12.6. The van der Waals surface area contributed by atoms with Gasteiger partial charge in [0.25, 0.3) is 0 Å². The zero-order valence-corrected chi connectivity index (χ0v) is 12.6. The van der Waals surface area contributed by atoms with Crippen LogP contribution in [0.1, 0.15) is 34.1 Å². The predicted molar refractivity (Wildman–Crippen MR) is 74.2 cm³/mol. The fourth-order valence-corrected chi connectivity index (χ4v) is 1.61. The van der Waals surface area contributed by atoms with Gasteiger partial charge in [-0.05, 0) is 48.2 Å². The van der Waals surface area contributed by atoms with E-state index in [9.17, 15) is 4.79 Å². The second-order valence-electron chi connectivity index (χ2n) is 6.54. The second-order valence-corrected chi connectivity index (χ2v) is 6.54. The number of hydrogen-bond acceptors (Lipinski definition) is 5. The molecule has 0 saturated heterocycles. The van der Waals surface area contributed by atoms with Crippen molar-refractivity contribution in [1.82, 2.24) is 4.90 Å². The van der Waals surface area contributed by atoms with E-state index in [0.29, 0.717) is 19.6 Å². The SMILES string of the molecule is CN(C)CCOC(=O)C(CC(C)(C)N)C(C)(C)N. The van der Waals surface area contributed by atoms with Crippen LogP contribution in [-0.2, 0) is 9.53 Å². The Hall–Kier alpha value is -0.650. The molecule has 1 atom stereocenters. The van der Waals surface area contributed by atoms with Crippen molar-refractivity contribution in [1.29, 1.82) is 0 Å². The molecule has 0 fully saturated rings. The molecule has 0 heterocycles. The summed E-state index contributed by atoms with van der Waals surface area (Å²) in [7, 11) is 3.86. The molecule has 5 nitrogen and oxygen atoms in total. The number of nitrogens with two attached hydrogens (primary N) is 2. The molecule has 0 aliphatic heterocycles. The average molecular weight is 259 g/mol. The Labute approximate surface area is 111 Å². The fraction of sp³-hybridized carbons (Fsp3) is 0.923. The van der Waals surface area contributed by atoms with Crippen LogP contribution in [0, 0.1) is 5.92 Å². The maximum atomic E-state index is 12.1. The third-order valence-corrected chi connectivity index (χ3v) is 2.70. The first-order valence-corrected chi connectivity index (χ1v) is 6.32. The van der Waals surface area contributed by atoms with Gasteiger partial charge in [-0.1, -0.05) is 0 Å². The van der Waals surface area contributed by atoms with Crippen molar-refractivity contribution >= 4 is 5.97 Å². The molecule has 0 aliphatic rings. The van der Waals surface area contributed by atoms with Gasteiger partial charge in [0.15, 0.2) is 0 Å². The summed E-state index contributed by atoms with van der Waals surface area (Å²) in [6, 6.07) is 0. The molecule has 4 N–H and O–H groups in total. The second kappa shape index (κ2) is 6.50. The highest BCUT2D eigenvalue weighted by Crippen LogP contribution is 2.24. The first-order valence-electron chi connectivity index (χ1n) is 6.32. The Kier molecular flexibility index (Phi) is 6.26. The molecule has 1 unspecified atom stereocenters. The van der Waals surface area contributed by atoms with E-state index in [2.05, 4.69) is 0 Å². The number of rotatable bonds is 7. The lowest BCUT2D eigenvalue weighted by atomic mass is 9.80. The summed E-state index contributed by atoms with van der Waals surface area (Å²) >= 11 is 0. The molecule has 18 heavy (non-hydrogen) atoms. The zero-order chi connectivity index (χ0) is 14.6. The summed E-state index contributed by atoms with van der Waals surface area (Å²) < 4.78 is 5.27. The minimum absolute atomic E-state index is 0.261. The van der Waals surface area contributed by atoms with Crippen molar-refractivity contribution in [2.24, 2.45) is 17.4 Å². The first-order chi connectivity index (χ1) is 7.93. The third-order valence-electron chi connectivity index (χ3n) is 2.70. The van der Waals surface area contributed by atoms with Crippen LogP contribution in [0.25, 0.3) is 0 Å². The predicted octanol–water partition coefficient (Wildman–Crippen LogP) is 0.572. The monoisotopic (exact) mass is 259 g/mol. The molecule has 0 rings (SSSR count). The van der Waals surface area contributed by atoms with E-state index in [1.165, 1.54) is 0 Å². The van der Waals surface area contributed by atoms with Crippen LogP contribution in [0.15, 0.2) is 0 Å². The summed E-state index contributed by atoms with van der Waals surface area (Å²) in [6.07, 6.45) is 0.511. The highest BCUT2D eigenvalue weighted by atomic mass is 16.5. The first kappa shape index (κ1) is 17.4. The highest BCUT2D eigenvalue weighted by molar-refractivity contribution is 5.74. The molecule has 108 valence electrons. The number of ether oxygens (including phenoxy) is 1. The largest absolute Gasteiger partial charge is 0.464 e. The van der Waals surface area contributed by atoms with Gasteiger partial charge < -0.3 is 21.1 Å². The molecule has 0 amide bonds. The lowest BCUT2D eigenvalue weighted by Gasteiger charge is -2.33. The van der Waals surface area contributed by atoms with Crippen molar-refractivity contribution in [2.45, 2.75) is 45.2 Å². The number of esters is 1. The molecule has 0 aromatic carbocycles. The van der Waals surface area contributed by atoms with E-state index in [1.54, 1.807) is 0 Å². The van der Waals surface area contributed by atoms with Crippen molar-refractivity contribution in [3.63, 3.8) is 0 Å².